The Labute approximate surface area is 121 Å². The smallest absolute Gasteiger partial charge is 0.320 e. The van der Waals surface area contributed by atoms with Crippen molar-refractivity contribution in [1.82, 2.24) is 4.98 Å². The predicted molar refractivity (Wildman–Crippen MR) is 72.4 cm³/mol. The zero-order valence-electron chi connectivity index (χ0n) is 10.2. The number of carbonyl (C=O) groups is 1. The standard InChI is InChI=1S/C11H9F2N2O4PS/c12-11(13,20(17,18)19)8-3-1-7(2-4-8)9(16)15-10-14-5-6-21-10/h1-6H,(H,14,15,16)(H2,17,18,19). The SMILES string of the molecule is O=C(Nc1nccs1)c1ccc(C(F)(F)P(=O)(O)O)cc1. The highest BCUT2D eigenvalue weighted by molar-refractivity contribution is 7.52. The fraction of sp³-hybridized carbons (Fsp3) is 0.0909. The van der Waals surface area contributed by atoms with Gasteiger partial charge in [0.05, 0.1) is 0 Å². The number of hydrogen-bond donors (Lipinski definition) is 3. The number of carbonyl (C=O) groups excluding carboxylic acids is 1. The molecule has 112 valence electrons. The third-order valence-corrected chi connectivity index (χ3v) is 4.19. The molecule has 0 unspecified atom stereocenters. The lowest BCUT2D eigenvalue weighted by atomic mass is 10.1. The summed E-state index contributed by atoms with van der Waals surface area (Å²) in [6.45, 7) is 0. The molecule has 3 N–H and O–H groups in total. The van der Waals surface area contributed by atoms with E-state index in [2.05, 4.69) is 10.3 Å². The van der Waals surface area contributed by atoms with Crippen molar-refractivity contribution >= 4 is 30.0 Å². The molecule has 0 bridgehead atoms. The summed E-state index contributed by atoms with van der Waals surface area (Å²) in [5, 5.41) is 4.46. The van der Waals surface area contributed by atoms with Gasteiger partial charge in [-0.2, -0.15) is 8.78 Å². The molecule has 0 fully saturated rings. The zero-order valence-corrected chi connectivity index (χ0v) is 11.9. The highest BCUT2D eigenvalue weighted by Gasteiger charge is 2.50. The molecule has 0 atom stereocenters. The minimum Gasteiger partial charge on any atom is -0.320 e. The van der Waals surface area contributed by atoms with Crippen LogP contribution in [0.1, 0.15) is 15.9 Å². The van der Waals surface area contributed by atoms with E-state index in [0.29, 0.717) is 5.13 Å². The van der Waals surface area contributed by atoms with Gasteiger partial charge in [0.1, 0.15) is 0 Å². The fourth-order valence-electron chi connectivity index (χ4n) is 1.44. The average molecular weight is 334 g/mol. The first-order valence-corrected chi connectivity index (χ1v) is 7.96. The molecule has 0 saturated carbocycles. The van der Waals surface area contributed by atoms with Crippen molar-refractivity contribution in [3.63, 3.8) is 0 Å². The minimum atomic E-state index is -5.62. The second-order valence-electron chi connectivity index (χ2n) is 3.95. The summed E-state index contributed by atoms with van der Waals surface area (Å²) in [7, 11) is -5.62. The van der Waals surface area contributed by atoms with Crippen LogP contribution in [0.15, 0.2) is 35.8 Å². The van der Waals surface area contributed by atoms with Crippen molar-refractivity contribution in [2.75, 3.05) is 5.32 Å². The number of hydrogen-bond acceptors (Lipinski definition) is 4. The number of aromatic nitrogens is 1. The van der Waals surface area contributed by atoms with Gasteiger partial charge in [-0.15, -0.1) is 11.3 Å². The number of halogens is 2. The van der Waals surface area contributed by atoms with E-state index in [1.54, 1.807) is 5.38 Å². The van der Waals surface area contributed by atoms with Crippen LogP contribution in [0.4, 0.5) is 13.9 Å². The Morgan fingerprint density at radius 3 is 2.38 bits per heavy atom. The van der Waals surface area contributed by atoms with E-state index in [0.717, 1.165) is 24.3 Å². The van der Waals surface area contributed by atoms with Crippen LogP contribution in [0.25, 0.3) is 0 Å². The Bertz CT molecular complexity index is 685. The van der Waals surface area contributed by atoms with Crippen molar-refractivity contribution < 1.29 is 27.9 Å². The van der Waals surface area contributed by atoms with Crippen molar-refractivity contribution in [3.05, 3.63) is 47.0 Å². The number of thiazole rings is 1. The Morgan fingerprint density at radius 2 is 1.90 bits per heavy atom. The van der Waals surface area contributed by atoms with Gasteiger partial charge in [-0.3, -0.25) is 14.7 Å². The molecule has 0 spiro atoms. The van der Waals surface area contributed by atoms with Gasteiger partial charge in [-0.25, -0.2) is 4.98 Å². The first-order chi connectivity index (χ1) is 9.72. The first kappa shape index (κ1) is 15.7. The molecule has 0 aliphatic carbocycles. The van der Waals surface area contributed by atoms with Crippen LogP contribution in [0.3, 0.4) is 0 Å². The van der Waals surface area contributed by atoms with E-state index >= 15 is 0 Å². The molecule has 2 rings (SSSR count). The third kappa shape index (κ3) is 3.33. The van der Waals surface area contributed by atoms with Crippen molar-refractivity contribution in [2.45, 2.75) is 5.66 Å². The van der Waals surface area contributed by atoms with Gasteiger partial charge in [-0.05, 0) is 12.1 Å². The average Bonchev–Trinajstić information content (AvgIpc) is 2.90. The van der Waals surface area contributed by atoms with Crippen LogP contribution in [0.2, 0.25) is 0 Å². The lowest BCUT2D eigenvalue weighted by molar-refractivity contribution is 0.0564. The van der Waals surface area contributed by atoms with Crippen LogP contribution < -0.4 is 5.32 Å². The molecule has 1 amide bonds. The van der Waals surface area contributed by atoms with Gasteiger partial charge in [0, 0.05) is 22.7 Å². The van der Waals surface area contributed by atoms with Crippen LogP contribution >= 0.6 is 18.9 Å². The molecule has 2 aromatic rings. The Hall–Kier alpha value is -1.67. The largest absolute Gasteiger partial charge is 0.399 e. The van der Waals surface area contributed by atoms with Crippen LogP contribution in [0.5, 0.6) is 0 Å². The van der Waals surface area contributed by atoms with Crippen LogP contribution in [-0.2, 0) is 10.2 Å². The number of benzene rings is 1. The Kier molecular flexibility index (Phi) is 4.20. The summed E-state index contributed by atoms with van der Waals surface area (Å²) in [5.41, 5.74) is -5.09. The van der Waals surface area contributed by atoms with E-state index < -0.39 is 24.7 Å². The molecule has 1 heterocycles. The summed E-state index contributed by atoms with van der Waals surface area (Å²) in [6.07, 6.45) is 1.49. The van der Waals surface area contributed by atoms with Gasteiger partial charge in [0.2, 0.25) is 0 Å². The second-order valence-corrected chi connectivity index (χ2v) is 6.50. The lowest BCUT2D eigenvalue weighted by Gasteiger charge is -2.17. The normalized spacial score (nSPS) is 12.2. The molecule has 1 aromatic carbocycles. The fourth-order valence-corrected chi connectivity index (χ4v) is 2.45. The maximum atomic E-state index is 13.4. The van der Waals surface area contributed by atoms with Crippen molar-refractivity contribution in [1.29, 1.82) is 0 Å². The monoisotopic (exact) mass is 334 g/mol. The molecular weight excluding hydrogens is 325 g/mol. The summed E-state index contributed by atoms with van der Waals surface area (Å²) in [4.78, 5) is 32.9. The third-order valence-electron chi connectivity index (χ3n) is 2.51. The number of nitrogens with zero attached hydrogens (tertiary/aromatic N) is 1. The summed E-state index contributed by atoms with van der Waals surface area (Å²) in [6, 6.07) is 3.72. The topological polar surface area (TPSA) is 99.5 Å². The highest BCUT2D eigenvalue weighted by Crippen LogP contribution is 2.59. The van der Waals surface area contributed by atoms with E-state index in [1.165, 1.54) is 17.5 Å². The van der Waals surface area contributed by atoms with Crippen molar-refractivity contribution in [3.8, 4) is 0 Å². The molecule has 10 heteroatoms. The second kappa shape index (κ2) is 5.61. The molecule has 21 heavy (non-hydrogen) atoms. The number of alkyl halides is 2. The maximum Gasteiger partial charge on any atom is 0.399 e. The molecular formula is C11H9F2N2O4PS. The number of anilines is 1. The molecule has 6 nitrogen and oxygen atoms in total. The van der Waals surface area contributed by atoms with Gasteiger partial charge in [-0.1, -0.05) is 12.1 Å². The van der Waals surface area contributed by atoms with Gasteiger partial charge in [0.25, 0.3) is 5.91 Å². The van der Waals surface area contributed by atoms with E-state index in [-0.39, 0.29) is 5.56 Å². The van der Waals surface area contributed by atoms with Crippen LogP contribution in [-0.4, -0.2) is 20.7 Å². The van der Waals surface area contributed by atoms with Gasteiger partial charge >= 0.3 is 13.3 Å². The number of rotatable bonds is 4. The molecule has 0 saturated heterocycles. The highest BCUT2D eigenvalue weighted by atomic mass is 32.1. The van der Waals surface area contributed by atoms with Crippen molar-refractivity contribution in [2.24, 2.45) is 0 Å². The van der Waals surface area contributed by atoms with E-state index in [9.17, 15) is 18.1 Å². The van der Waals surface area contributed by atoms with E-state index in [1.807, 2.05) is 0 Å². The molecule has 0 aliphatic heterocycles. The Balaban J connectivity index is 2.19. The lowest BCUT2D eigenvalue weighted by Crippen LogP contribution is -2.15. The summed E-state index contributed by atoms with van der Waals surface area (Å²) < 4.78 is 37.6. The number of amides is 1. The van der Waals surface area contributed by atoms with Crippen LogP contribution in [0, 0.1) is 0 Å². The Morgan fingerprint density at radius 1 is 1.29 bits per heavy atom. The van der Waals surface area contributed by atoms with E-state index in [4.69, 9.17) is 9.79 Å². The number of nitrogens with one attached hydrogen (secondary N) is 1. The quantitative estimate of drug-likeness (QED) is 0.747. The van der Waals surface area contributed by atoms with Gasteiger partial charge < -0.3 is 9.79 Å². The summed E-state index contributed by atoms with van der Waals surface area (Å²) in [5.74, 6) is -0.559. The first-order valence-electron chi connectivity index (χ1n) is 5.46. The maximum absolute atomic E-state index is 13.4. The predicted octanol–water partition coefficient (Wildman–Crippen LogP) is 2.62. The zero-order chi connectivity index (χ0) is 15.7. The molecule has 1 aromatic heterocycles. The molecule has 0 aliphatic rings. The summed E-state index contributed by atoms with van der Waals surface area (Å²) >= 11 is 1.19. The van der Waals surface area contributed by atoms with Gasteiger partial charge in [0.15, 0.2) is 5.13 Å². The molecule has 0 radical (unpaired) electrons. The minimum absolute atomic E-state index is 0.0652.